The predicted octanol–water partition coefficient (Wildman–Crippen LogP) is 4.20. The molecule has 0 aliphatic rings. The topological polar surface area (TPSA) is 52.1 Å². The Morgan fingerprint density at radius 1 is 1.09 bits per heavy atom. The average Bonchev–Trinajstić information content (AvgIpc) is 2.54. The lowest BCUT2D eigenvalue weighted by Crippen LogP contribution is -2.11. The van der Waals surface area contributed by atoms with Crippen molar-refractivity contribution in [1.82, 2.24) is 9.97 Å². The largest absolute Gasteiger partial charge is 0.453 e. The van der Waals surface area contributed by atoms with Crippen molar-refractivity contribution in [2.75, 3.05) is 0 Å². The van der Waals surface area contributed by atoms with Crippen LogP contribution in [0.2, 0.25) is 5.02 Å². The van der Waals surface area contributed by atoms with Crippen LogP contribution in [0.1, 0.15) is 29.1 Å². The summed E-state index contributed by atoms with van der Waals surface area (Å²) in [6.07, 6.45) is 0.957. The number of hydrogen-bond donors (Lipinski definition) is 0. The Hall–Kier alpha value is -2.46. The van der Waals surface area contributed by atoms with Crippen molar-refractivity contribution in [2.45, 2.75) is 13.0 Å². The number of aromatic nitrogens is 2. The molecule has 3 rings (SSSR count). The first kappa shape index (κ1) is 14.5. The molecule has 1 heterocycles. The van der Waals surface area contributed by atoms with Gasteiger partial charge in [0, 0.05) is 10.6 Å². The molecule has 110 valence electrons. The minimum Gasteiger partial charge on any atom is -0.453 e. The number of ether oxygens (including phenoxy) is 1. The Morgan fingerprint density at radius 2 is 1.77 bits per heavy atom. The molecule has 22 heavy (non-hydrogen) atoms. The molecule has 0 N–H and O–H groups in total. The highest BCUT2D eigenvalue weighted by atomic mass is 35.5. The van der Waals surface area contributed by atoms with E-state index in [0.29, 0.717) is 10.5 Å². The van der Waals surface area contributed by atoms with Crippen molar-refractivity contribution in [1.29, 1.82) is 0 Å². The zero-order chi connectivity index (χ0) is 15.5. The smallest absolute Gasteiger partial charge is 0.359 e. The van der Waals surface area contributed by atoms with Crippen molar-refractivity contribution >= 4 is 28.6 Å². The van der Waals surface area contributed by atoms with E-state index < -0.39 is 12.1 Å². The van der Waals surface area contributed by atoms with Gasteiger partial charge in [0.1, 0.15) is 6.10 Å². The fourth-order valence-electron chi connectivity index (χ4n) is 2.14. The molecular weight excluding hydrogens is 300 g/mol. The van der Waals surface area contributed by atoms with Gasteiger partial charge in [0.2, 0.25) is 0 Å². The Morgan fingerprint density at radius 3 is 2.55 bits per heavy atom. The van der Waals surface area contributed by atoms with E-state index in [-0.39, 0.29) is 5.69 Å². The number of rotatable bonds is 3. The molecule has 2 aromatic carbocycles. The molecule has 0 aliphatic heterocycles. The SMILES string of the molecule is C[C@H](OC(=O)c1cnc2ccccc2n1)c1ccccc1Cl. The molecule has 0 spiro atoms. The highest BCUT2D eigenvalue weighted by Gasteiger charge is 2.17. The van der Waals surface area contributed by atoms with Gasteiger partial charge in [-0.3, -0.25) is 4.98 Å². The molecule has 0 unspecified atom stereocenters. The Kier molecular flexibility index (Phi) is 4.02. The maximum atomic E-state index is 12.2. The molecule has 1 aromatic heterocycles. The van der Waals surface area contributed by atoms with Gasteiger partial charge in [0.05, 0.1) is 17.2 Å². The number of halogens is 1. The van der Waals surface area contributed by atoms with Crippen LogP contribution in [-0.2, 0) is 4.74 Å². The lowest BCUT2D eigenvalue weighted by atomic mass is 10.1. The lowest BCUT2D eigenvalue weighted by Gasteiger charge is -2.14. The van der Waals surface area contributed by atoms with E-state index in [4.69, 9.17) is 16.3 Å². The maximum absolute atomic E-state index is 12.2. The number of carbonyl (C=O) groups excluding carboxylic acids is 1. The molecule has 0 saturated heterocycles. The van der Waals surface area contributed by atoms with Gasteiger partial charge in [0.25, 0.3) is 0 Å². The van der Waals surface area contributed by atoms with E-state index >= 15 is 0 Å². The first-order valence-electron chi connectivity index (χ1n) is 6.82. The zero-order valence-corrected chi connectivity index (χ0v) is 12.6. The summed E-state index contributed by atoms with van der Waals surface area (Å²) in [4.78, 5) is 20.7. The first-order chi connectivity index (χ1) is 10.6. The Balaban J connectivity index is 1.82. The van der Waals surface area contributed by atoms with Gasteiger partial charge in [-0.05, 0) is 25.1 Å². The summed E-state index contributed by atoms with van der Waals surface area (Å²) >= 11 is 6.11. The van der Waals surface area contributed by atoms with Crippen LogP contribution in [0.3, 0.4) is 0 Å². The lowest BCUT2D eigenvalue weighted by molar-refractivity contribution is 0.0331. The van der Waals surface area contributed by atoms with Crippen LogP contribution in [0.4, 0.5) is 0 Å². The fourth-order valence-corrected chi connectivity index (χ4v) is 2.43. The van der Waals surface area contributed by atoms with E-state index in [0.717, 1.165) is 11.1 Å². The van der Waals surface area contributed by atoms with E-state index in [1.807, 2.05) is 36.4 Å². The zero-order valence-electron chi connectivity index (χ0n) is 11.9. The number of carbonyl (C=O) groups is 1. The molecule has 0 saturated carbocycles. The van der Waals surface area contributed by atoms with Crippen LogP contribution in [0, 0.1) is 0 Å². The van der Waals surface area contributed by atoms with Gasteiger partial charge < -0.3 is 4.74 Å². The molecule has 0 bridgehead atoms. The molecule has 0 aliphatic carbocycles. The minimum absolute atomic E-state index is 0.178. The van der Waals surface area contributed by atoms with Crippen LogP contribution in [0.25, 0.3) is 11.0 Å². The van der Waals surface area contributed by atoms with Gasteiger partial charge in [-0.15, -0.1) is 0 Å². The van der Waals surface area contributed by atoms with Crippen LogP contribution in [0.15, 0.2) is 54.7 Å². The summed E-state index contributed by atoms with van der Waals surface area (Å²) < 4.78 is 5.43. The summed E-state index contributed by atoms with van der Waals surface area (Å²) in [6.45, 7) is 1.77. The van der Waals surface area contributed by atoms with E-state index in [1.165, 1.54) is 6.20 Å². The van der Waals surface area contributed by atoms with E-state index in [2.05, 4.69) is 9.97 Å². The summed E-state index contributed by atoms with van der Waals surface area (Å²) in [6, 6.07) is 14.6. The van der Waals surface area contributed by atoms with Crippen LogP contribution < -0.4 is 0 Å². The standard InChI is InChI=1S/C17H13ClN2O2/c1-11(12-6-2-3-7-13(12)18)22-17(21)16-10-19-14-8-4-5-9-15(14)20-16/h2-11H,1H3/t11-/m0/s1. The minimum atomic E-state index is -0.523. The molecule has 0 radical (unpaired) electrons. The third-order valence-corrected chi connectivity index (χ3v) is 3.63. The molecule has 4 nitrogen and oxygen atoms in total. The summed E-state index contributed by atoms with van der Waals surface area (Å²) in [7, 11) is 0. The second kappa shape index (κ2) is 6.12. The van der Waals surface area contributed by atoms with Crippen molar-refractivity contribution in [3.8, 4) is 0 Å². The maximum Gasteiger partial charge on any atom is 0.359 e. The third-order valence-electron chi connectivity index (χ3n) is 3.28. The summed E-state index contributed by atoms with van der Waals surface area (Å²) in [5, 5.41) is 0.562. The van der Waals surface area contributed by atoms with Crippen LogP contribution in [0.5, 0.6) is 0 Å². The number of hydrogen-bond acceptors (Lipinski definition) is 4. The van der Waals surface area contributed by atoms with E-state index in [1.54, 1.807) is 19.1 Å². The Labute approximate surface area is 132 Å². The van der Waals surface area contributed by atoms with Crippen LogP contribution in [-0.4, -0.2) is 15.9 Å². The quantitative estimate of drug-likeness (QED) is 0.680. The van der Waals surface area contributed by atoms with Crippen molar-refractivity contribution in [3.05, 3.63) is 71.0 Å². The first-order valence-corrected chi connectivity index (χ1v) is 7.20. The molecule has 3 aromatic rings. The van der Waals surface area contributed by atoms with E-state index in [9.17, 15) is 4.79 Å². The molecular formula is C17H13ClN2O2. The Bertz CT molecular complexity index is 836. The molecule has 1 atom stereocenters. The third kappa shape index (κ3) is 2.92. The normalized spacial score (nSPS) is 12.1. The highest BCUT2D eigenvalue weighted by Crippen LogP contribution is 2.25. The number of fused-ring (bicyclic) bond motifs is 1. The summed E-state index contributed by atoms with van der Waals surface area (Å²) in [5.41, 5.74) is 2.32. The number of benzene rings is 2. The average molecular weight is 313 g/mol. The molecule has 0 fully saturated rings. The van der Waals surface area contributed by atoms with Crippen LogP contribution >= 0.6 is 11.6 Å². The van der Waals surface area contributed by atoms with Crippen molar-refractivity contribution in [2.24, 2.45) is 0 Å². The van der Waals surface area contributed by atoms with Gasteiger partial charge >= 0.3 is 5.97 Å². The molecule has 0 amide bonds. The second-order valence-electron chi connectivity index (χ2n) is 4.81. The predicted molar refractivity (Wildman–Crippen MR) is 84.8 cm³/mol. The number of esters is 1. The summed E-state index contributed by atoms with van der Waals surface area (Å²) in [5.74, 6) is -0.523. The van der Waals surface area contributed by atoms with Gasteiger partial charge in [-0.2, -0.15) is 0 Å². The molecule has 5 heteroatoms. The fraction of sp³-hybridized carbons (Fsp3) is 0.118. The number of para-hydroxylation sites is 2. The monoisotopic (exact) mass is 312 g/mol. The van der Waals surface area contributed by atoms with Crippen molar-refractivity contribution in [3.63, 3.8) is 0 Å². The van der Waals surface area contributed by atoms with Gasteiger partial charge in [-0.25, -0.2) is 9.78 Å². The van der Waals surface area contributed by atoms with Gasteiger partial charge in [0.15, 0.2) is 5.69 Å². The number of nitrogens with zero attached hydrogens (tertiary/aromatic N) is 2. The van der Waals surface area contributed by atoms with Gasteiger partial charge in [-0.1, -0.05) is 41.9 Å². The highest BCUT2D eigenvalue weighted by molar-refractivity contribution is 6.31. The second-order valence-corrected chi connectivity index (χ2v) is 5.22. The van der Waals surface area contributed by atoms with Crippen molar-refractivity contribution < 1.29 is 9.53 Å².